The number of nitrogens with zero attached hydrogens (tertiary/aromatic N) is 2. The Morgan fingerprint density at radius 2 is 1.63 bits per heavy atom. The molecule has 1 aromatic rings. The minimum absolute atomic E-state index is 0.00931. The van der Waals surface area contributed by atoms with Crippen molar-refractivity contribution in [3.63, 3.8) is 0 Å². The van der Waals surface area contributed by atoms with E-state index in [-0.39, 0.29) is 33.6 Å². The van der Waals surface area contributed by atoms with Crippen LogP contribution in [-0.2, 0) is 23.8 Å². The topological polar surface area (TPSA) is 213 Å². The molecule has 5 bridgehead atoms. The number of phenolic OH excluding ortho intramolecular Hbond substituents is 1. The quantitative estimate of drug-likeness (QED) is 0.218. The molecule has 1 amide bonds. The molecule has 4 aliphatic heterocycles. The van der Waals surface area contributed by atoms with E-state index in [9.17, 15) is 39.3 Å². The zero-order valence-electron chi connectivity index (χ0n) is 35.4. The standard InChI is InChI=1S/C43H58N4O12/c1-21-12-11-13-22(2)42(55)45-33-28(20-44-47-17-15-46(9)16-18-47)37(52)30-31(38(33)53)36(51)26(6)40-32(30)41(54)43(8,59-40)57-19-14-29(56-10)23(3)39(58-27(7)48)25(5)35(50)24(4)34(21)49/h11-14,19-21,23-25,29,33-35,39,44,49-51H,15-18H2,1-10H3,(H,45,55)/b12-11-,19-14?,22-13-,28-20+/t21-,23+,24+,25+,29-,33?,34-,35+,39+,43-/m0/s1. The number of aliphatic hydroxyl groups is 2. The van der Waals surface area contributed by atoms with Gasteiger partial charge in [-0.2, -0.15) is 0 Å². The third-order valence-corrected chi connectivity index (χ3v) is 12.1. The van der Waals surface area contributed by atoms with Crippen molar-refractivity contribution < 1.29 is 58.2 Å². The van der Waals surface area contributed by atoms with Crippen LogP contribution in [0.4, 0.5) is 0 Å². The van der Waals surface area contributed by atoms with Gasteiger partial charge in [0.05, 0.1) is 41.3 Å². The summed E-state index contributed by atoms with van der Waals surface area (Å²) < 4.78 is 23.5. The predicted octanol–water partition coefficient (Wildman–Crippen LogP) is 2.75. The molecule has 1 saturated heterocycles. The Morgan fingerprint density at radius 1 is 0.966 bits per heavy atom. The van der Waals surface area contributed by atoms with E-state index in [2.05, 4.69) is 15.6 Å². The normalized spacial score (nSPS) is 34.7. The van der Waals surface area contributed by atoms with Gasteiger partial charge in [0.2, 0.25) is 5.91 Å². The van der Waals surface area contributed by atoms with Gasteiger partial charge in [-0.3, -0.25) is 24.0 Å². The van der Waals surface area contributed by atoms with E-state index in [4.69, 9.17) is 18.9 Å². The predicted molar refractivity (Wildman–Crippen MR) is 215 cm³/mol. The van der Waals surface area contributed by atoms with Gasteiger partial charge in [-0.05, 0) is 27.0 Å². The maximum atomic E-state index is 14.7. The molecule has 4 heterocycles. The number of carbonyl (C=O) groups is 5. The third kappa shape index (κ3) is 9.01. The number of hydrogen-bond acceptors (Lipinski definition) is 15. The Kier molecular flexibility index (Phi) is 13.9. The van der Waals surface area contributed by atoms with Crippen LogP contribution >= 0.6 is 0 Å². The van der Waals surface area contributed by atoms with Crippen molar-refractivity contribution in [2.75, 3.05) is 40.3 Å². The zero-order valence-corrected chi connectivity index (χ0v) is 35.4. The number of phenols is 1. The molecule has 1 aliphatic carbocycles. The van der Waals surface area contributed by atoms with Gasteiger partial charge in [0, 0.05) is 93.7 Å². The van der Waals surface area contributed by atoms with Gasteiger partial charge in [0.15, 0.2) is 11.6 Å². The molecule has 6 rings (SSSR count). The Balaban J connectivity index is 1.64. The summed E-state index contributed by atoms with van der Waals surface area (Å²) in [5, 5.41) is 38.9. The molecule has 0 radical (unpaired) electrons. The summed E-state index contributed by atoms with van der Waals surface area (Å²) in [5.41, 5.74) is 2.03. The lowest BCUT2D eigenvalue weighted by atomic mass is 9.77. The van der Waals surface area contributed by atoms with E-state index in [0.29, 0.717) is 13.1 Å². The van der Waals surface area contributed by atoms with Crippen LogP contribution in [-0.4, -0.2) is 131 Å². The number of piperazine rings is 1. The summed E-state index contributed by atoms with van der Waals surface area (Å²) in [7, 11) is 3.41. The number of methoxy groups -OCH3 is 1. The molecule has 1 unspecified atom stereocenters. The molecule has 0 aromatic heterocycles. The van der Waals surface area contributed by atoms with Crippen molar-refractivity contribution in [2.24, 2.45) is 23.7 Å². The van der Waals surface area contributed by atoms with Crippen LogP contribution in [0.3, 0.4) is 0 Å². The summed E-state index contributed by atoms with van der Waals surface area (Å²) in [6, 6.07) is -1.56. The number of allylic oxidation sites excluding steroid dienone is 2. The molecule has 322 valence electrons. The lowest BCUT2D eigenvalue weighted by Crippen LogP contribution is -2.51. The van der Waals surface area contributed by atoms with Gasteiger partial charge in [-0.25, -0.2) is 5.01 Å². The van der Waals surface area contributed by atoms with Gasteiger partial charge in [0.1, 0.15) is 23.6 Å². The van der Waals surface area contributed by atoms with Crippen LogP contribution in [0.2, 0.25) is 0 Å². The molecule has 5 N–H and O–H groups in total. The molecule has 0 spiro atoms. The second-order valence-electron chi connectivity index (χ2n) is 16.3. The minimum atomic E-state index is -2.08. The number of hydrazine groups is 1. The number of carbonyl (C=O) groups excluding carboxylic acids is 5. The fraction of sp³-hybridized carbons (Fsp3) is 0.558. The number of aliphatic hydroxyl groups excluding tert-OH is 2. The van der Waals surface area contributed by atoms with Crippen LogP contribution < -0.4 is 15.5 Å². The van der Waals surface area contributed by atoms with Gasteiger partial charge in [-0.1, -0.05) is 45.9 Å². The maximum absolute atomic E-state index is 14.7. The van der Waals surface area contributed by atoms with E-state index in [1.165, 1.54) is 59.4 Å². The average molecular weight is 823 g/mol. The first kappa shape index (κ1) is 45.2. The number of esters is 1. The Morgan fingerprint density at radius 3 is 2.25 bits per heavy atom. The van der Waals surface area contributed by atoms with Crippen LogP contribution in [0.5, 0.6) is 11.5 Å². The van der Waals surface area contributed by atoms with Crippen molar-refractivity contribution >= 4 is 29.2 Å². The van der Waals surface area contributed by atoms with E-state index in [1.54, 1.807) is 39.8 Å². The molecule has 1 aromatic carbocycles. The maximum Gasteiger partial charge on any atom is 0.312 e. The zero-order chi connectivity index (χ0) is 43.7. The molecule has 1 fully saturated rings. The molecule has 16 nitrogen and oxygen atoms in total. The third-order valence-electron chi connectivity index (χ3n) is 12.1. The number of benzene rings is 1. The lowest BCUT2D eigenvalue weighted by Gasteiger charge is -2.38. The largest absolute Gasteiger partial charge is 0.507 e. The van der Waals surface area contributed by atoms with Gasteiger partial charge < -0.3 is 49.9 Å². The van der Waals surface area contributed by atoms with Crippen molar-refractivity contribution in [1.82, 2.24) is 20.7 Å². The van der Waals surface area contributed by atoms with Gasteiger partial charge >= 0.3 is 11.8 Å². The average Bonchev–Trinajstić information content (AvgIpc) is 3.46. The molecular formula is C43H58N4O12. The highest BCUT2D eigenvalue weighted by Crippen LogP contribution is 2.48. The van der Waals surface area contributed by atoms with Crippen LogP contribution in [0.1, 0.15) is 85.1 Å². The number of ketones is 3. The summed E-state index contributed by atoms with van der Waals surface area (Å²) in [4.78, 5) is 71.7. The number of hydrogen-bond donors (Lipinski definition) is 5. The molecule has 5 aliphatic rings. The highest BCUT2D eigenvalue weighted by atomic mass is 16.7. The number of likely N-dealkylation sites (N-methyl/N-ethyl adjacent to an activating group) is 1. The molecular weight excluding hydrogens is 764 g/mol. The van der Waals surface area contributed by atoms with E-state index >= 15 is 0 Å². The van der Waals surface area contributed by atoms with E-state index < -0.39 is 100 Å². The number of rotatable bonds is 4. The summed E-state index contributed by atoms with van der Waals surface area (Å²) in [5.74, 6) is -9.01. The van der Waals surface area contributed by atoms with Gasteiger partial charge in [0.25, 0.3) is 5.78 Å². The molecule has 0 saturated carbocycles. The summed E-state index contributed by atoms with van der Waals surface area (Å²) in [6.07, 6.45) is 4.81. The molecule has 10 atom stereocenters. The number of nitrogens with one attached hydrogen (secondary N) is 2. The monoisotopic (exact) mass is 822 g/mol. The lowest BCUT2D eigenvalue weighted by molar-refractivity contribution is -0.160. The van der Waals surface area contributed by atoms with Crippen molar-refractivity contribution in [2.45, 2.75) is 91.6 Å². The number of ether oxygens (including phenoxy) is 4. The second-order valence-corrected chi connectivity index (χ2v) is 16.3. The molecule has 59 heavy (non-hydrogen) atoms. The first-order chi connectivity index (χ1) is 27.7. The van der Waals surface area contributed by atoms with Crippen molar-refractivity contribution in [3.8, 4) is 11.5 Å². The van der Waals surface area contributed by atoms with E-state index in [1.807, 2.05) is 12.1 Å². The fourth-order valence-corrected chi connectivity index (χ4v) is 8.10. The van der Waals surface area contributed by atoms with Crippen LogP contribution in [0.25, 0.3) is 0 Å². The highest BCUT2D eigenvalue weighted by molar-refractivity contribution is 6.31. The number of amides is 1. The number of fused-ring (bicyclic) bond motifs is 14. The number of aromatic hydroxyl groups is 1. The first-order valence-corrected chi connectivity index (χ1v) is 19.9. The highest BCUT2D eigenvalue weighted by Gasteiger charge is 2.53. The SMILES string of the molecule is CO[C@H]1C=CO[C@@]2(C)Oc3c(C)c(O)c4c(c3C2=O)C(=O)/C(=C/NN2CCN(C)CC2)C(NC(=O)/C(C)=C\C=C/[C@H](C)[C@H](O)[C@@H](C)[C@@H](O)[C@@H](C)[C@H](OC(C)=O)[C@@H]1C)C4=O. The van der Waals surface area contributed by atoms with Crippen LogP contribution in [0.15, 0.2) is 47.9 Å². The minimum Gasteiger partial charge on any atom is -0.507 e. The Hall–Kier alpha value is -4.87. The van der Waals surface area contributed by atoms with E-state index in [0.717, 1.165) is 13.1 Å². The second kappa shape index (κ2) is 18.2. The fourth-order valence-electron chi connectivity index (χ4n) is 8.10. The Labute approximate surface area is 344 Å². The van der Waals surface area contributed by atoms with Crippen molar-refractivity contribution in [1.29, 1.82) is 0 Å². The smallest absolute Gasteiger partial charge is 0.312 e. The molecule has 16 heteroatoms. The number of Topliss-reactive ketones (excluding diaryl/α,β-unsaturated/α-hetero) is 3. The van der Waals surface area contributed by atoms with Crippen LogP contribution in [0, 0.1) is 30.6 Å². The summed E-state index contributed by atoms with van der Waals surface area (Å²) >= 11 is 0. The van der Waals surface area contributed by atoms with Gasteiger partial charge in [-0.15, -0.1) is 0 Å². The summed E-state index contributed by atoms with van der Waals surface area (Å²) in [6.45, 7) is 15.1. The Bertz CT molecular complexity index is 1970. The first-order valence-electron chi connectivity index (χ1n) is 19.9. The van der Waals surface area contributed by atoms with Crippen molar-refractivity contribution in [3.05, 3.63) is 70.2 Å².